The summed E-state index contributed by atoms with van der Waals surface area (Å²) >= 11 is 5.37. The van der Waals surface area contributed by atoms with Gasteiger partial charge in [-0.1, -0.05) is 28.1 Å². The van der Waals surface area contributed by atoms with E-state index in [4.69, 9.17) is 0 Å². The Morgan fingerprint density at radius 3 is 2.82 bits per heavy atom. The largest absolute Gasteiger partial charge is 0.354 e. The zero-order chi connectivity index (χ0) is 15.1. The molecule has 2 rings (SSSR count). The maximum absolute atomic E-state index is 12.0. The topological polar surface area (TPSA) is 41.1 Å². The number of carbonyl (C=O) groups excluding carboxylic acids is 1. The molecule has 1 amide bonds. The summed E-state index contributed by atoms with van der Waals surface area (Å²) in [5.41, 5.74) is 1.31. The number of aryl methyl sites for hydroxylation is 1. The molecule has 2 N–H and O–H groups in total. The minimum Gasteiger partial charge on any atom is -0.354 e. The van der Waals surface area contributed by atoms with E-state index in [-0.39, 0.29) is 24.4 Å². The van der Waals surface area contributed by atoms with Crippen LogP contribution in [0.2, 0.25) is 0 Å². The maximum atomic E-state index is 12.0. The van der Waals surface area contributed by atoms with Crippen LogP contribution in [0.1, 0.15) is 25.3 Å². The highest BCUT2D eigenvalue weighted by molar-refractivity contribution is 9.10. The number of nitrogens with one attached hydrogen (secondary N) is 2. The third-order valence-corrected chi connectivity index (χ3v) is 5.28. The van der Waals surface area contributed by atoms with Gasteiger partial charge in [0, 0.05) is 41.0 Å². The number of carbonyl (C=O) groups is 1. The second-order valence-electron chi connectivity index (χ2n) is 5.56. The van der Waals surface area contributed by atoms with Gasteiger partial charge in [0.1, 0.15) is 0 Å². The van der Waals surface area contributed by atoms with Crippen molar-refractivity contribution in [3.05, 3.63) is 34.3 Å². The van der Waals surface area contributed by atoms with Crippen molar-refractivity contribution in [1.82, 2.24) is 10.6 Å². The monoisotopic (exact) mass is 406 g/mol. The summed E-state index contributed by atoms with van der Waals surface area (Å²) < 4.78 is 1.10. The number of hydrogen-bond donors (Lipinski definition) is 2. The second-order valence-corrected chi connectivity index (χ2v) is 7.63. The van der Waals surface area contributed by atoms with Crippen LogP contribution in [0, 0.1) is 0 Å². The molecule has 6 heteroatoms. The molecule has 0 radical (unpaired) electrons. The van der Waals surface area contributed by atoms with E-state index in [1.54, 1.807) is 0 Å². The molecular weight excluding hydrogens is 384 g/mol. The fraction of sp³-hybridized carbons (Fsp3) is 0.562. The van der Waals surface area contributed by atoms with Gasteiger partial charge in [-0.2, -0.15) is 11.8 Å². The van der Waals surface area contributed by atoms with Gasteiger partial charge in [0.2, 0.25) is 5.91 Å². The van der Waals surface area contributed by atoms with Gasteiger partial charge in [0.25, 0.3) is 0 Å². The fourth-order valence-corrected chi connectivity index (χ4v) is 3.63. The normalized spacial score (nSPS) is 19.1. The molecule has 1 fully saturated rings. The molecule has 1 heterocycles. The Bertz CT molecular complexity index is 452. The van der Waals surface area contributed by atoms with Gasteiger partial charge in [-0.3, -0.25) is 4.79 Å². The molecule has 2 unspecified atom stereocenters. The molecule has 22 heavy (non-hydrogen) atoms. The molecule has 0 bridgehead atoms. The van der Waals surface area contributed by atoms with Gasteiger partial charge in [-0.05, 0) is 37.5 Å². The first-order valence-corrected chi connectivity index (χ1v) is 9.43. The van der Waals surface area contributed by atoms with E-state index >= 15 is 0 Å². The molecule has 0 spiro atoms. The van der Waals surface area contributed by atoms with E-state index < -0.39 is 0 Å². The maximum Gasteiger partial charge on any atom is 0.221 e. The number of halogens is 2. The van der Waals surface area contributed by atoms with Crippen LogP contribution in [0.15, 0.2) is 28.7 Å². The average Bonchev–Trinajstić information content (AvgIpc) is 2.47. The average molecular weight is 408 g/mol. The van der Waals surface area contributed by atoms with E-state index in [1.807, 2.05) is 11.8 Å². The Labute approximate surface area is 151 Å². The second kappa shape index (κ2) is 10.5. The van der Waals surface area contributed by atoms with Crippen molar-refractivity contribution in [2.24, 2.45) is 0 Å². The van der Waals surface area contributed by atoms with Gasteiger partial charge in [-0.25, -0.2) is 0 Å². The van der Waals surface area contributed by atoms with Crippen molar-refractivity contribution in [3.63, 3.8) is 0 Å². The molecule has 2 atom stereocenters. The molecule has 3 nitrogen and oxygen atoms in total. The summed E-state index contributed by atoms with van der Waals surface area (Å²) in [6.45, 7) is 3.10. The molecule has 124 valence electrons. The lowest BCUT2D eigenvalue weighted by Gasteiger charge is -2.23. The smallest absolute Gasteiger partial charge is 0.221 e. The highest BCUT2D eigenvalue weighted by Gasteiger charge is 2.17. The fourth-order valence-electron chi connectivity index (χ4n) is 2.41. The van der Waals surface area contributed by atoms with Crippen molar-refractivity contribution in [3.8, 4) is 0 Å². The minimum absolute atomic E-state index is 0. The molecule has 0 aromatic heterocycles. The Balaban J connectivity index is 0.00000242. The lowest BCUT2D eigenvalue weighted by atomic mass is 10.1. The summed E-state index contributed by atoms with van der Waals surface area (Å²) in [7, 11) is 0. The molecule has 1 saturated heterocycles. The molecule has 1 aliphatic rings. The highest BCUT2D eigenvalue weighted by Crippen LogP contribution is 2.13. The van der Waals surface area contributed by atoms with Gasteiger partial charge in [0.15, 0.2) is 0 Å². The first kappa shape index (κ1) is 19.8. The van der Waals surface area contributed by atoms with E-state index in [1.165, 1.54) is 5.56 Å². The van der Waals surface area contributed by atoms with E-state index in [9.17, 15) is 4.79 Å². The number of rotatable bonds is 6. The Morgan fingerprint density at radius 1 is 1.45 bits per heavy atom. The van der Waals surface area contributed by atoms with E-state index in [0.717, 1.165) is 35.4 Å². The lowest BCUT2D eigenvalue weighted by molar-refractivity contribution is -0.122. The highest BCUT2D eigenvalue weighted by atomic mass is 79.9. The number of benzene rings is 1. The molecule has 1 aliphatic heterocycles. The van der Waals surface area contributed by atoms with Crippen molar-refractivity contribution >= 4 is 46.0 Å². The van der Waals surface area contributed by atoms with Gasteiger partial charge in [-0.15, -0.1) is 12.4 Å². The summed E-state index contributed by atoms with van der Waals surface area (Å²) in [4.78, 5) is 12.0. The number of hydrogen-bond acceptors (Lipinski definition) is 3. The van der Waals surface area contributed by atoms with Gasteiger partial charge >= 0.3 is 0 Å². The first-order chi connectivity index (χ1) is 10.1. The third kappa shape index (κ3) is 7.36. The molecule has 1 aromatic carbocycles. The van der Waals surface area contributed by atoms with E-state index in [0.29, 0.717) is 12.5 Å². The third-order valence-electron chi connectivity index (χ3n) is 3.62. The quantitative estimate of drug-likeness (QED) is 0.759. The van der Waals surface area contributed by atoms with Gasteiger partial charge < -0.3 is 10.6 Å². The van der Waals surface area contributed by atoms with Crippen molar-refractivity contribution in [1.29, 1.82) is 0 Å². The standard InChI is InChI=1S/C16H23BrN2OS.ClH/c1-12(2-3-13-4-6-14(17)7-5-13)19-16(20)10-15-11-21-9-8-18-15;/h4-7,12,15,18H,2-3,8-11H2,1H3,(H,19,20);1H. The minimum atomic E-state index is 0. The predicted octanol–water partition coefficient (Wildman–Crippen LogP) is 3.40. The molecular formula is C16H24BrClN2OS. The molecule has 0 saturated carbocycles. The Morgan fingerprint density at radius 2 is 2.18 bits per heavy atom. The van der Waals surface area contributed by atoms with Crippen molar-refractivity contribution < 1.29 is 4.79 Å². The summed E-state index contributed by atoms with van der Waals surface area (Å²) in [5.74, 6) is 2.36. The van der Waals surface area contributed by atoms with Crippen LogP contribution in [0.4, 0.5) is 0 Å². The van der Waals surface area contributed by atoms with Crippen LogP contribution in [-0.4, -0.2) is 36.0 Å². The zero-order valence-corrected chi connectivity index (χ0v) is 16.0. The molecule has 1 aromatic rings. The van der Waals surface area contributed by atoms with Crippen LogP contribution in [-0.2, 0) is 11.2 Å². The Hall–Kier alpha value is -0.230. The summed E-state index contributed by atoms with van der Waals surface area (Å²) in [6.07, 6.45) is 2.56. The van der Waals surface area contributed by atoms with Crippen LogP contribution >= 0.6 is 40.1 Å². The lowest BCUT2D eigenvalue weighted by Crippen LogP contribution is -2.43. The van der Waals surface area contributed by atoms with Crippen LogP contribution in [0.3, 0.4) is 0 Å². The van der Waals surface area contributed by atoms with Crippen molar-refractivity contribution in [2.75, 3.05) is 18.1 Å². The van der Waals surface area contributed by atoms with E-state index in [2.05, 4.69) is 57.8 Å². The SMILES string of the molecule is CC(CCc1ccc(Br)cc1)NC(=O)CC1CSCCN1.Cl. The first-order valence-electron chi connectivity index (χ1n) is 7.48. The number of amides is 1. The Kier molecular flexibility index (Phi) is 9.48. The number of thioether (sulfide) groups is 1. The summed E-state index contributed by atoms with van der Waals surface area (Å²) in [6, 6.07) is 8.93. The van der Waals surface area contributed by atoms with Gasteiger partial charge in [0.05, 0.1) is 0 Å². The predicted molar refractivity (Wildman–Crippen MR) is 101 cm³/mol. The van der Waals surface area contributed by atoms with Crippen LogP contribution in [0.5, 0.6) is 0 Å². The van der Waals surface area contributed by atoms with Crippen LogP contribution < -0.4 is 10.6 Å². The zero-order valence-electron chi connectivity index (χ0n) is 12.8. The molecule has 0 aliphatic carbocycles. The summed E-state index contributed by atoms with van der Waals surface area (Å²) in [5, 5.41) is 6.51. The van der Waals surface area contributed by atoms with Crippen molar-refractivity contribution in [2.45, 2.75) is 38.3 Å². The van der Waals surface area contributed by atoms with Crippen LogP contribution in [0.25, 0.3) is 0 Å².